The van der Waals surface area contributed by atoms with Crippen LogP contribution in [0.15, 0.2) is 18.2 Å². The zero-order valence-electron chi connectivity index (χ0n) is 8.04. The fourth-order valence-corrected chi connectivity index (χ4v) is 1.32. The Morgan fingerprint density at radius 2 is 2.20 bits per heavy atom. The predicted molar refractivity (Wildman–Crippen MR) is 58.3 cm³/mol. The number of hydrogen-bond acceptors (Lipinski definition) is 2. The number of hydrogen-bond donors (Lipinski definition) is 1. The van der Waals surface area contributed by atoms with E-state index in [0.29, 0.717) is 15.6 Å². The molecular formula is C10H10Cl2O3. The number of benzene rings is 1. The smallest absolute Gasteiger partial charge is 0.332 e. The van der Waals surface area contributed by atoms with Gasteiger partial charge in [-0.25, -0.2) is 4.79 Å². The third-order valence-electron chi connectivity index (χ3n) is 1.87. The molecule has 0 saturated carbocycles. The maximum Gasteiger partial charge on any atom is 0.332 e. The Kier molecular flexibility index (Phi) is 4.39. The Morgan fingerprint density at radius 1 is 1.53 bits per heavy atom. The number of rotatable bonds is 4. The zero-order valence-corrected chi connectivity index (χ0v) is 9.55. The summed E-state index contributed by atoms with van der Waals surface area (Å²) < 4.78 is 5.08. The van der Waals surface area contributed by atoms with Crippen molar-refractivity contribution in [3.8, 4) is 0 Å². The molecule has 3 nitrogen and oxygen atoms in total. The largest absolute Gasteiger partial charge is 0.479 e. The van der Waals surface area contributed by atoms with Crippen LogP contribution >= 0.6 is 23.2 Å². The molecule has 15 heavy (non-hydrogen) atoms. The van der Waals surface area contributed by atoms with Gasteiger partial charge < -0.3 is 9.84 Å². The van der Waals surface area contributed by atoms with Crippen LogP contribution < -0.4 is 0 Å². The lowest BCUT2D eigenvalue weighted by Crippen LogP contribution is -2.19. The molecule has 0 aliphatic carbocycles. The van der Waals surface area contributed by atoms with Gasteiger partial charge in [-0.3, -0.25) is 0 Å². The van der Waals surface area contributed by atoms with E-state index in [1.165, 1.54) is 6.92 Å². The molecule has 0 unspecified atom stereocenters. The Hall–Kier alpha value is -0.770. The number of carboxylic acid groups (broad SMARTS) is 1. The molecule has 0 heterocycles. The van der Waals surface area contributed by atoms with E-state index >= 15 is 0 Å². The minimum atomic E-state index is -1.01. The van der Waals surface area contributed by atoms with Crippen LogP contribution in [0.1, 0.15) is 12.5 Å². The molecular weight excluding hydrogens is 239 g/mol. The molecule has 5 heteroatoms. The van der Waals surface area contributed by atoms with E-state index in [0.717, 1.165) is 0 Å². The maximum absolute atomic E-state index is 10.5. The summed E-state index contributed by atoms with van der Waals surface area (Å²) in [4.78, 5) is 10.5. The van der Waals surface area contributed by atoms with Crippen molar-refractivity contribution in [2.75, 3.05) is 0 Å². The lowest BCUT2D eigenvalue weighted by molar-refractivity contribution is -0.149. The van der Waals surface area contributed by atoms with Crippen LogP contribution in [0.25, 0.3) is 0 Å². The number of carbonyl (C=O) groups is 1. The predicted octanol–water partition coefficient (Wildman–Crippen LogP) is 2.98. The van der Waals surface area contributed by atoms with Crippen molar-refractivity contribution in [1.29, 1.82) is 0 Å². The molecule has 0 spiro atoms. The Balaban J connectivity index is 2.66. The molecule has 1 rings (SSSR count). The molecule has 1 aromatic rings. The first-order valence-electron chi connectivity index (χ1n) is 4.29. The van der Waals surface area contributed by atoms with E-state index in [1.54, 1.807) is 18.2 Å². The van der Waals surface area contributed by atoms with E-state index < -0.39 is 12.1 Å². The standard InChI is InChI=1S/C10H10Cl2O3/c1-6(10(13)14)15-5-7-3-2-4-8(11)9(7)12/h2-4,6H,5H2,1H3,(H,13,14)/t6-/m0/s1. The van der Waals surface area contributed by atoms with Crippen molar-refractivity contribution in [2.24, 2.45) is 0 Å². The third-order valence-corrected chi connectivity index (χ3v) is 2.73. The summed E-state index contributed by atoms with van der Waals surface area (Å²) >= 11 is 11.7. The molecule has 1 aromatic carbocycles. The summed E-state index contributed by atoms with van der Waals surface area (Å²) in [6.45, 7) is 1.59. The normalized spacial score (nSPS) is 12.5. The van der Waals surface area contributed by atoms with Gasteiger partial charge >= 0.3 is 5.97 Å². The number of halogens is 2. The first-order valence-corrected chi connectivity index (χ1v) is 5.05. The summed E-state index contributed by atoms with van der Waals surface area (Å²) in [5, 5.41) is 9.43. The average molecular weight is 249 g/mol. The van der Waals surface area contributed by atoms with E-state index in [9.17, 15) is 4.79 Å². The van der Waals surface area contributed by atoms with E-state index in [4.69, 9.17) is 33.0 Å². The van der Waals surface area contributed by atoms with E-state index in [1.807, 2.05) is 0 Å². The summed E-state index contributed by atoms with van der Waals surface area (Å²) in [6, 6.07) is 5.13. The van der Waals surface area contributed by atoms with Crippen LogP contribution in [0.2, 0.25) is 10.0 Å². The van der Waals surface area contributed by atoms with Crippen LogP contribution in [0.4, 0.5) is 0 Å². The Morgan fingerprint density at radius 3 is 2.80 bits per heavy atom. The fourth-order valence-electron chi connectivity index (χ4n) is 0.946. The highest BCUT2D eigenvalue weighted by atomic mass is 35.5. The molecule has 0 saturated heterocycles. The van der Waals surface area contributed by atoms with Crippen molar-refractivity contribution in [1.82, 2.24) is 0 Å². The first-order chi connectivity index (χ1) is 7.02. The molecule has 0 aliphatic rings. The van der Waals surface area contributed by atoms with Crippen LogP contribution in [0, 0.1) is 0 Å². The molecule has 0 amide bonds. The Labute approximate surface area is 97.6 Å². The van der Waals surface area contributed by atoms with Crippen molar-refractivity contribution in [2.45, 2.75) is 19.6 Å². The van der Waals surface area contributed by atoms with Crippen molar-refractivity contribution < 1.29 is 14.6 Å². The SMILES string of the molecule is C[C@H](OCc1cccc(Cl)c1Cl)C(=O)O. The third kappa shape index (κ3) is 3.38. The number of ether oxygens (including phenoxy) is 1. The van der Waals surface area contributed by atoms with Crippen LogP contribution in [0.5, 0.6) is 0 Å². The second kappa shape index (κ2) is 5.35. The van der Waals surface area contributed by atoms with Gasteiger partial charge in [0.15, 0.2) is 6.10 Å². The fraction of sp³-hybridized carbons (Fsp3) is 0.300. The molecule has 0 aliphatic heterocycles. The molecule has 1 N–H and O–H groups in total. The molecule has 0 aromatic heterocycles. The molecule has 0 bridgehead atoms. The number of aliphatic carboxylic acids is 1. The van der Waals surface area contributed by atoms with Gasteiger partial charge in [-0.05, 0) is 18.6 Å². The summed E-state index contributed by atoms with van der Waals surface area (Å²) in [5.74, 6) is -1.01. The van der Waals surface area contributed by atoms with Gasteiger partial charge in [-0.2, -0.15) is 0 Å². The van der Waals surface area contributed by atoms with E-state index in [-0.39, 0.29) is 6.61 Å². The van der Waals surface area contributed by atoms with Gasteiger partial charge in [0, 0.05) is 0 Å². The summed E-state index contributed by atoms with van der Waals surface area (Å²) in [7, 11) is 0. The van der Waals surface area contributed by atoms with Gasteiger partial charge in [0.05, 0.1) is 16.7 Å². The highest BCUT2D eigenvalue weighted by molar-refractivity contribution is 6.42. The lowest BCUT2D eigenvalue weighted by atomic mass is 10.2. The lowest BCUT2D eigenvalue weighted by Gasteiger charge is -2.09. The molecule has 82 valence electrons. The highest BCUT2D eigenvalue weighted by Crippen LogP contribution is 2.26. The van der Waals surface area contributed by atoms with Crippen LogP contribution in [-0.2, 0) is 16.1 Å². The van der Waals surface area contributed by atoms with Crippen LogP contribution in [0.3, 0.4) is 0 Å². The average Bonchev–Trinajstić information content (AvgIpc) is 2.19. The molecule has 0 radical (unpaired) electrons. The summed E-state index contributed by atoms with van der Waals surface area (Å²) in [5.41, 5.74) is 0.678. The second-order valence-electron chi connectivity index (χ2n) is 3.00. The monoisotopic (exact) mass is 248 g/mol. The highest BCUT2D eigenvalue weighted by Gasteiger charge is 2.12. The van der Waals surface area contributed by atoms with Gasteiger partial charge in [0.1, 0.15) is 0 Å². The van der Waals surface area contributed by atoms with Crippen molar-refractivity contribution in [3.05, 3.63) is 33.8 Å². The van der Waals surface area contributed by atoms with Gasteiger partial charge in [-0.15, -0.1) is 0 Å². The quantitative estimate of drug-likeness (QED) is 0.892. The number of carboxylic acids is 1. The zero-order chi connectivity index (χ0) is 11.4. The van der Waals surface area contributed by atoms with E-state index in [2.05, 4.69) is 0 Å². The van der Waals surface area contributed by atoms with Gasteiger partial charge in [0.2, 0.25) is 0 Å². The minimum Gasteiger partial charge on any atom is -0.479 e. The van der Waals surface area contributed by atoms with Gasteiger partial charge in [-0.1, -0.05) is 35.3 Å². The van der Waals surface area contributed by atoms with Crippen molar-refractivity contribution >= 4 is 29.2 Å². The van der Waals surface area contributed by atoms with Gasteiger partial charge in [0.25, 0.3) is 0 Å². The molecule has 1 atom stereocenters. The Bertz CT molecular complexity index is 366. The maximum atomic E-state index is 10.5. The summed E-state index contributed by atoms with van der Waals surface area (Å²) in [6.07, 6.45) is -0.861. The molecule has 0 fully saturated rings. The van der Waals surface area contributed by atoms with Crippen LogP contribution in [-0.4, -0.2) is 17.2 Å². The first kappa shape index (κ1) is 12.3. The van der Waals surface area contributed by atoms with Crippen molar-refractivity contribution in [3.63, 3.8) is 0 Å². The minimum absolute atomic E-state index is 0.132. The topological polar surface area (TPSA) is 46.5 Å². The second-order valence-corrected chi connectivity index (χ2v) is 3.79.